The molecule has 35 heavy (non-hydrogen) atoms. The van der Waals surface area contributed by atoms with Gasteiger partial charge in [-0.2, -0.15) is 0 Å². The number of anilines is 1. The Bertz CT molecular complexity index is 1390. The van der Waals surface area contributed by atoms with E-state index in [4.69, 9.17) is 4.98 Å². The van der Waals surface area contributed by atoms with Crippen LogP contribution in [0, 0.1) is 6.92 Å². The zero-order valence-corrected chi connectivity index (χ0v) is 20.1. The largest absolute Gasteiger partial charge is 0.343 e. The van der Waals surface area contributed by atoms with Crippen molar-refractivity contribution in [3.05, 3.63) is 90.3 Å². The number of rotatable bonds is 8. The van der Waals surface area contributed by atoms with Gasteiger partial charge in [0.05, 0.1) is 22.9 Å². The van der Waals surface area contributed by atoms with Crippen LogP contribution in [-0.2, 0) is 11.2 Å². The topological polar surface area (TPSA) is 101 Å². The molecule has 0 bridgehead atoms. The van der Waals surface area contributed by atoms with Crippen molar-refractivity contribution < 1.29 is 9.59 Å². The van der Waals surface area contributed by atoms with Gasteiger partial charge in [-0.15, -0.1) is 0 Å². The Balaban J connectivity index is 1.62. The Morgan fingerprint density at radius 2 is 1.91 bits per heavy atom. The fourth-order valence-corrected chi connectivity index (χ4v) is 4.02. The third-order valence-corrected chi connectivity index (χ3v) is 5.72. The van der Waals surface area contributed by atoms with Crippen molar-refractivity contribution in [3.8, 4) is 11.3 Å². The number of nitrogens with one attached hydrogen (secondary N) is 2. The second kappa shape index (κ2) is 10.3. The van der Waals surface area contributed by atoms with Crippen molar-refractivity contribution in [3.63, 3.8) is 0 Å². The number of hydrogen-bond acceptors (Lipinski definition) is 5. The lowest BCUT2D eigenvalue weighted by Gasteiger charge is -2.11. The SMILES string of the molecule is C=CC(=O)NC(C)c1nc(-c2ccc(C(=O)Nc3cc(CCC)ccn3)cc2)c2c(C)nccn12. The maximum atomic E-state index is 12.8. The van der Waals surface area contributed by atoms with Crippen LogP contribution < -0.4 is 10.6 Å². The minimum absolute atomic E-state index is 0.230. The van der Waals surface area contributed by atoms with Crippen LogP contribution in [0.3, 0.4) is 0 Å². The first kappa shape index (κ1) is 23.8. The van der Waals surface area contributed by atoms with Gasteiger partial charge in [-0.1, -0.05) is 32.1 Å². The zero-order valence-electron chi connectivity index (χ0n) is 20.1. The van der Waals surface area contributed by atoms with Gasteiger partial charge in [0.1, 0.15) is 11.6 Å². The lowest BCUT2D eigenvalue weighted by molar-refractivity contribution is -0.117. The van der Waals surface area contributed by atoms with E-state index in [0.29, 0.717) is 17.2 Å². The number of nitrogens with zero attached hydrogens (tertiary/aromatic N) is 4. The first-order chi connectivity index (χ1) is 16.9. The summed E-state index contributed by atoms with van der Waals surface area (Å²) in [5, 5.41) is 5.73. The highest BCUT2D eigenvalue weighted by Crippen LogP contribution is 2.29. The van der Waals surface area contributed by atoms with E-state index < -0.39 is 0 Å². The molecule has 178 valence electrons. The molecule has 1 aromatic carbocycles. The molecular formula is C27H28N6O2. The number of hydrogen-bond donors (Lipinski definition) is 2. The summed E-state index contributed by atoms with van der Waals surface area (Å²) >= 11 is 0. The molecule has 2 amide bonds. The molecule has 4 aromatic rings. The Labute approximate surface area is 204 Å². The number of pyridine rings is 1. The van der Waals surface area contributed by atoms with Crippen LogP contribution in [0.5, 0.6) is 0 Å². The Hall–Kier alpha value is -4.33. The van der Waals surface area contributed by atoms with Crippen LogP contribution >= 0.6 is 0 Å². The molecule has 8 heteroatoms. The minimum Gasteiger partial charge on any atom is -0.343 e. The molecule has 2 N–H and O–H groups in total. The molecule has 1 unspecified atom stereocenters. The van der Waals surface area contributed by atoms with E-state index in [2.05, 4.69) is 34.1 Å². The van der Waals surface area contributed by atoms with Crippen molar-refractivity contribution in [2.45, 2.75) is 39.7 Å². The lowest BCUT2D eigenvalue weighted by Crippen LogP contribution is -2.26. The highest BCUT2D eigenvalue weighted by molar-refractivity contribution is 6.04. The number of amides is 2. The van der Waals surface area contributed by atoms with Crippen LogP contribution in [0.1, 0.15) is 53.7 Å². The Morgan fingerprint density at radius 3 is 2.63 bits per heavy atom. The monoisotopic (exact) mass is 468 g/mol. The molecule has 0 fully saturated rings. The second-order valence-corrected chi connectivity index (χ2v) is 8.32. The third-order valence-electron chi connectivity index (χ3n) is 5.72. The van der Waals surface area contributed by atoms with Crippen LogP contribution in [0.2, 0.25) is 0 Å². The van der Waals surface area contributed by atoms with Gasteiger partial charge in [-0.05, 0) is 56.2 Å². The van der Waals surface area contributed by atoms with E-state index in [1.54, 1.807) is 24.5 Å². The number of imidazole rings is 1. The smallest absolute Gasteiger partial charge is 0.256 e. The zero-order chi connectivity index (χ0) is 24.9. The number of carbonyl (C=O) groups is 2. The van der Waals surface area contributed by atoms with Gasteiger partial charge in [0.25, 0.3) is 5.91 Å². The van der Waals surface area contributed by atoms with Gasteiger partial charge in [-0.3, -0.25) is 19.0 Å². The molecule has 0 saturated heterocycles. The van der Waals surface area contributed by atoms with E-state index in [0.717, 1.165) is 40.9 Å². The summed E-state index contributed by atoms with van der Waals surface area (Å²) in [6.07, 6.45) is 8.43. The van der Waals surface area contributed by atoms with E-state index in [-0.39, 0.29) is 17.9 Å². The van der Waals surface area contributed by atoms with Gasteiger partial charge in [0.2, 0.25) is 5.91 Å². The molecule has 0 aliphatic rings. The van der Waals surface area contributed by atoms with Gasteiger partial charge in [-0.25, -0.2) is 9.97 Å². The van der Waals surface area contributed by atoms with Crippen LogP contribution in [0.4, 0.5) is 5.82 Å². The standard InChI is InChI=1S/C27H28N6O2/c1-5-7-19-12-13-29-22(16-19)31-27(35)21-10-8-20(9-11-21)24-25-17(3)28-14-15-33(25)26(32-24)18(4)30-23(34)6-2/h6,8-16,18H,2,5,7H2,1,3-4H3,(H,30,34)(H,29,31,35). The molecule has 8 nitrogen and oxygen atoms in total. The normalized spacial score (nSPS) is 11.7. The maximum Gasteiger partial charge on any atom is 0.256 e. The average Bonchev–Trinajstić information content (AvgIpc) is 3.26. The quantitative estimate of drug-likeness (QED) is 0.366. The summed E-state index contributed by atoms with van der Waals surface area (Å²) in [6.45, 7) is 9.41. The van der Waals surface area contributed by atoms with E-state index >= 15 is 0 Å². The molecule has 0 saturated carbocycles. The molecule has 3 heterocycles. The molecular weight excluding hydrogens is 440 g/mol. The number of aromatic nitrogens is 4. The maximum absolute atomic E-state index is 12.8. The summed E-state index contributed by atoms with van der Waals surface area (Å²) < 4.78 is 1.93. The summed E-state index contributed by atoms with van der Waals surface area (Å²) in [5.41, 5.74) is 4.87. The van der Waals surface area contributed by atoms with Gasteiger partial charge in [0, 0.05) is 29.7 Å². The van der Waals surface area contributed by atoms with Gasteiger partial charge < -0.3 is 10.6 Å². The second-order valence-electron chi connectivity index (χ2n) is 8.32. The highest BCUT2D eigenvalue weighted by atomic mass is 16.2. The number of fused-ring (bicyclic) bond motifs is 1. The average molecular weight is 469 g/mol. The first-order valence-corrected chi connectivity index (χ1v) is 11.5. The van der Waals surface area contributed by atoms with E-state index in [1.807, 2.05) is 48.7 Å². The molecule has 0 aliphatic carbocycles. The fraction of sp³-hybridized carbons (Fsp3) is 0.222. The molecule has 0 spiro atoms. The number of carbonyl (C=O) groups excluding carboxylic acids is 2. The van der Waals surface area contributed by atoms with Crippen LogP contribution in [-0.4, -0.2) is 31.2 Å². The summed E-state index contributed by atoms with van der Waals surface area (Å²) in [4.78, 5) is 38.1. The minimum atomic E-state index is -0.343. The summed E-state index contributed by atoms with van der Waals surface area (Å²) in [5.74, 6) is 0.709. The molecule has 1 atom stereocenters. The lowest BCUT2D eigenvalue weighted by atomic mass is 10.1. The van der Waals surface area contributed by atoms with Crippen molar-refractivity contribution in [1.82, 2.24) is 24.7 Å². The Morgan fingerprint density at radius 1 is 1.14 bits per heavy atom. The third kappa shape index (κ3) is 5.11. The molecule has 3 aromatic heterocycles. The van der Waals surface area contributed by atoms with E-state index in [9.17, 15) is 9.59 Å². The van der Waals surface area contributed by atoms with Crippen LogP contribution in [0.25, 0.3) is 16.8 Å². The highest BCUT2D eigenvalue weighted by Gasteiger charge is 2.20. The van der Waals surface area contributed by atoms with Crippen molar-refractivity contribution in [1.29, 1.82) is 0 Å². The van der Waals surface area contributed by atoms with Crippen molar-refractivity contribution in [2.75, 3.05) is 5.32 Å². The fourth-order valence-electron chi connectivity index (χ4n) is 4.02. The van der Waals surface area contributed by atoms with E-state index in [1.165, 1.54) is 6.08 Å². The molecule has 4 rings (SSSR count). The number of benzene rings is 1. The predicted molar refractivity (Wildman–Crippen MR) is 136 cm³/mol. The molecule has 0 radical (unpaired) electrons. The predicted octanol–water partition coefficient (Wildman–Crippen LogP) is 4.67. The van der Waals surface area contributed by atoms with Crippen molar-refractivity contribution in [2.24, 2.45) is 0 Å². The number of aryl methyl sites for hydroxylation is 2. The van der Waals surface area contributed by atoms with Gasteiger partial charge >= 0.3 is 0 Å². The summed E-state index contributed by atoms with van der Waals surface area (Å²) in [7, 11) is 0. The Kier molecular flexibility index (Phi) is 7.01. The van der Waals surface area contributed by atoms with Gasteiger partial charge in [0.15, 0.2) is 0 Å². The molecule has 0 aliphatic heterocycles. The van der Waals surface area contributed by atoms with Crippen molar-refractivity contribution >= 4 is 23.1 Å². The van der Waals surface area contributed by atoms with Crippen LogP contribution in [0.15, 0.2) is 67.6 Å². The summed E-state index contributed by atoms with van der Waals surface area (Å²) in [6, 6.07) is 10.8. The first-order valence-electron chi connectivity index (χ1n) is 11.5.